The molecule has 4 rings (SSSR count). The molecule has 0 heterocycles. The molecule has 0 N–H and O–H groups in total. The van der Waals surface area contributed by atoms with Gasteiger partial charge < -0.3 is 9.47 Å². The molecule has 0 saturated heterocycles. The molecule has 0 atom stereocenters. The average molecular weight is 671 g/mol. The maximum atomic E-state index is 5.14. The molecule has 0 spiro atoms. The van der Waals surface area contributed by atoms with Crippen LogP contribution in [-0.4, -0.2) is 62.4 Å². The van der Waals surface area contributed by atoms with Crippen LogP contribution < -0.4 is 0 Å². The second-order valence-corrected chi connectivity index (χ2v) is 18.1. The Labute approximate surface area is 259 Å². The van der Waals surface area contributed by atoms with Gasteiger partial charge in [-0.15, -0.1) is 0 Å². The fourth-order valence-electron chi connectivity index (χ4n) is 7.56. The van der Waals surface area contributed by atoms with Crippen molar-refractivity contribution < 1.29 is 29.9 Å². The van der Waals surface area contributed by atoms with Gasteiger partial charge in [0.25, 0.3) is 0 Å². The molecule has 0 aromatic carbocycles. The molecule has 4 fully saturated rings. The van der Waals surface area contributed by atoms with E-state index in [-0.39, 0.29) is 36.3 Å². The smallest absolute Gasteiger partial charge is 0.0643 e. The van der Waals surface area contributed by atoms with Crippen molar-refractivity contribution in [2.75, 3.05) is 39.8 Å². The van der Waals surface area contributed by atoms with Crippen LogP contribution in [0, 0.1) is 0 Å². The van der Waals surface area contributed by atoms with E-state index < -0.39 is 0 Å². The van der Waals surface area contributed by atoms with E-state index in [0.717, 1.165) is 35.8 Å². The van der Waals surface area contributed by atoms with Gasteiger partial charge in [0.2, 0.25) is 0 Å². The van der Waals surface area contributed by atoms with Crippen LogP contribution in [0.25, 0.3) is 0 Å². The van der Waals surface area contributed by atoms with Crippen LogP contribution in [0.15, 0.2) is 24.3 Å². The summed E-state index contributed by atoms with van der Waals surface area (Å²) in [7, 11) is 4.06. The van der Waals surface area contributed by atoms with Crippen LogP contribution >= 0.6 is 15.8 Å². The quantitative estimate of drug-likeness (QED) is 0.117. The molecule has 0 bridgehead atoms. The molecular formula is C34H62O2P2Pd. The van der Waals surface area contributed by atoms with Crippen LogP contribution in [-0.2, 0) is 29.9 Å². The first-order valence-corrected chi connectivity index (χ1v) is 20.0. The van der Waals surface area contributed by atoms with Crippen LogP contribution in [0.4, 0.5) is 0 Å². The Hall–Kier alpha value is 0.922. The Bertz CT molecular complexity index is 529. The molecule has 5 heteroatoms. The molecule has 4 aliphatic carbocycles. The molecule has 0 radical (unpaired) electrons. The summed E-state index contributed by atoms with van der Waals surface area (Å²) in [5.41, 5.74) is 4.33. The summed E-state index contributed by atoms with van der Waals surface area (Å²) in [6.07, 6.45) is 42.2. The molecule has 39 heavy (non-hydrogen) atoms. The van der Waals surface area contributed by atoms with Gasteiger partial charge in [0.05, 0.1) is 13.2 Å². The number of methoxy groups -OCH3 is 2. The maximum absolute atomic E-state index is 5.14. The van der Waals surface area contributed by atoms with Gasteiger partial charge in [-0.2, -0.15) is 0 Å². The normalized spacial score (nSPS) is 22.9. The zero-order chi connectivity index (χ0) is 26.7. The largest absolute Gasteiger partial charge is 0.381 e. The SMILES string of the molecule is COCC=CCP(C1CCCCC1)C1CCCCC1.COCC=CCP(C1CCCCC1)C1CCCCC1.[Pd]. The minimum Gasteiger partial charge on any atom is -0.381 e. The minimum atomic E-state index is 0. The Morgan fingerprint density at radius 3 is 0.923 bits per heavy atom. The van der Waals surface area contributed by atoms with Crippen molar-refractivity contribution >= 4 is 15.8 Å². The minimum absolute atomic E-state index is 0. The number of ether oxygens (including phenoxy) is 2. The second-order valence-electron chi connectivity index (χ2n) is 12.4. The summed E-state index contributed by atoms with van der Waals surface area (Å²) in [6.45, 7) is 1.58. The summed E-state index contributed by atoms with van der Waals surface area (Å²) in [5.74, 6) is 0. The van der Waals surface area contributed by atoms with Crippen molar-refractivity contribution in [3.05, 3.63) is 24.3 Å². The molecule has 4 aliphatic rings. The van der Waals surface area contributed by atoms with E-state index in [4.69, 9.17) is 9.47 Å². The molecule has 0 aliphatic heterocycles. The summed E-state index contributed by atoms with van der Waals surface area (Å²) >= 11 is 0. The van der Waals surface area contributed by atoms with Gasteiger partial charge in [0.15, 0.2) is 0 Å². The molecule has 0 amide bonds. The van der Waals surface area contributed by atoms with Gasteiger partial charge >= 0.3 is 0 Å². The molecule has 4 saturated carbocycles. The van der Waals surface area contributed by atoms with Crippen molar-refractivity contribution in [3.63, 3.8) is 0 Å². The van der Waals surface area contributed by atoms with Crippen molar-refractivity contribution in [3.8, 4) is 0 Å². The molecule has 0 aromatic heterocycles. The fourth-order valence-corrected chi connectivity index (χ4v) is 14.8. The van der Waals surface area contributed by atoms with Crippen LogP contribution in [0.3, 0.4) is 0 Å². The van der Waals surface area contributed by atoms with Crippen molar-refractivity contribution in [1.29, 1.82) is 0 Å². The first kappa shape index (κ1) is 36.1. The molecule has 2 nitrogen and oxygen atoms in total. The number of rotatable bonds is 12. The van der Waals surface area contributed by atoms with E-state index in [1.54, 1.807) is 14.2 Å². The van der Waals surface area contributed by atoms with E-state index in [1.807, 2.05) is 0 Å². The maximum Gasteiger partial charge on any atom is 0.0643 e. The van der Waals surface area contributed by atoms with Crippen LogP contribution in [0.2, 0.25) is 0 Å². The van der Waals surface area contributed by atoms with Crippen molar-refractivity contribution in [2.45, 2.75) is 151 Å². The topological polar surface area (TPSA) is 18.5 Å². The third-order valence-corrected chi connectivity index (χ3v) is 16.7. The third-order valence-electron chi connectivity index (χ3n) is 9.67. The second kappa shape index (κ2) is 23.4. The third kappa shape index (κ3) is 14.3. The first-order valence-electron chi connectivity index (χ1n) is 16.6. The van der Waals surface area contributed by atoms with Crippen LogP contribution in [0.5, 0.6) is 0 Å². The van der Waals surface area contributed by atoms with E-state index in [9.17, 15) is 0 Å². The number of allylic oxidation sites excluding steroid dienone is 2. The van der Waals surface area contributed by atoms with Gasteiger partial charge in [-0.05, 0) is 86.3 Å². The zero-order valence-corrected chi connectivity index (χ0v) is 29.0. The van der Waals surface area contributed by atoms with Gasteiger partial charge in [0, 0.05) is 34.6 Å². The molecule has 230 valence electrons. The average Bonchev–Trinajstić information content (AvgIpc) is 2.99. The summed E-state index contributed by atoms with van der Waals surface area (Å²) < 4.78 is 10.3. The van der Waals surface area contributed by atoms with E-state index in [2.05, 4.69) is 24.3 Å². The first-order chi connectivity index (χ1) is 18.8. The standard InChI is InChI=1S/2C17H31OP.Pd/c2*1-18-14-8-9-15-19(16-10-4-2-5-11-16)17-12-6-3-7-13-17;/h2*8-9,16-17H,2-7,10-15H2,1H3;. The number of hydrogen-bond acceptors (Lipinski definition) is 2. The van der Waals surface area contributed by atoms with E-state index in [0.29, 0.717) is 0 Å². The summed E-state index contributed by atoms with van der Waals surface area (Å²) in [5, 5.41) is 0. The number of hydrogen-bond donors (Lipinski definition) is 0. The Morgan fingerprint density at radius 2 is 0.692 bits per heavy atom. The van der Waals surface area contributed by atoms with Gasteiger partial charge in [-0.3, -0.25) is 0 Å². The van der Waals surface area contributed by atoms with Gasteiger partial charge in [-0.25, -0.2) is 0 Å². The zero-order valence-electron chi connectivity index (χ0n) is 25.6. The molecule has 0 unspecified atom stereocenters. The Morgan fingerprint density at radius 1 is 0.436 bits per heavy atom. The van der Waals surface area contributed by atoms with Crippen LogP contribution in [0.1, 0.15) is 128 Å². The Balaban J connectivity index is 0.000000267. The van der Waals surface area contributed by atoms with E-state index >= 15 is 0 Å². The van der Waals surface area contributed by atoms with Crippen molar-refractivity contribution in [2.24, 2.45) is 0 Å². The van der Waals surface area contributed by atoms with E-state index in [1.165, 1.54) is 141 Å². The summed E-state index contributed by atoms with van der Waals surface area (Å²) in [6, 6.07) is 0. The van der Waals surface area contributed by atoms with Crippen molar-refractivity contribution in [1.82, 2.24) is 0 Å². The molecule has 0 aromatic rings. The fraction of sp³-hybridized carbons (Fsp3) is 0.882. The monoisotopic (exact) mass is 670 g/mol. The predicted octanol–water partition coefficient (Wildman–Crippen LogP) is 10.7. The summed E-state index contributed by atoms with van der Waals surface area (Å²) in [4.78, 5) is 0. The Kier molecular flexibility index (Phi) is 21.7. The van der Waals surface area contributed by atoms with Gasteiger partial charge in [0.1, 0.15) is 0 Å². The predicted molar refractivity (Wildman–Crippen MR) is 173 cm³/mol. The molecular weight excluding hydrogens is 609 g/mol. The van der Waals surface area contributed by atoms with Gasteiger partial charge in [-0.1, -0.05) is 117 Å².